The molecule has 0 saturated heterocycles. The highest BCUT2D eigenvalue weighted by Gasteiger charge is 2.11. The second-order valence-electron chi connectivity index (χ2n) is 5.35. The van der Waals surface area contributed by atoms with Gasteiger partial charge in [-0.3, -0.25) is 24.7 Å². The molecule has 3 rings (SSSR count). The largest absolute Gasteiger partial charge is 0.352 e. The summed E-state index contributed by atoms with van der Waals surface area (Å²) in [5, 5.41) is 7.55. The van der Waals surface area contributed by atoms with Gasteiger partial charge >= 0.3 is 0 Å². The van der Waals surface area contributed by atoms with Gasteiger partial charge < -0.3 is 10.3 Å². The van der Waals surface area contributed by atoms with Crippen LogP contribution in [-0.4, -0.2) is 26.8 Å². The summed E-state index contributed by atoms with van der Waals surface area (Å²) in [6, 6.07) is 6.35. The van der Waals surface area contributed by atoms with Gasteiger partial charge in [-0.15, -0.1) is 11.3 Å². The summed E-state index contributed by atoms with van der Waals surface area (Å²) in [5.74, 6) is -0.546. The summed E-state index contributed by atoms with van der Waals surface area (Å²) in [6.07, 6.45) is 4.79. The van der Waals surface area contributed by atoms with Gasteiger partial charge in [-0.05, 0) is 23.8 Å². The van der Waals surface area contributed by atoms with Gasteiger partial charge in [0.25, 0.3) is 5.91 Å². The second kappa shape index (κ2) is 8.17. The number of aromatic nitrogens is 3. The van der Waals surface area contributed by atoms with Gasteiger partial charge in [0.05, 0.1) is 17.7 Å². The molecule has 8 nitrogen and oxygen atoms in total. The number of carbonyl (C=O) groups excluding carboxylic acids is 2. The number of carbonyl (C=O) groups is 2. The second-order valence-corrected chi connectivity index (χ2v) is 6.21. The van der Waals surface area contributed by atoms with E-state index in [1.165, 1.54) is 29.7 Å². The lowest BCUT2D eigenvalue weighted by atomic mass is 10.2. The highest BCUT2D eigenvalue weighted by atomic mass is 32.1. The molecule has 0 unspecified atom stereocenters. The third kappa shape index (κ3) is 4.84. The summed E-state index contributed by atoms with van der Waals surface area (Å²) < 4.78 is 0. The quantitative estimate of drug-likeness (QED) is 0.606. The molecule has 3 N–H and O–H groups in total. The fourth-order valence-electron chi connectivity index (χ4n) is 2.09. The number of pyridine rings is 2. The molecule has 3 aromatic rings. The number of H-pyrrole nitrogens is 1. The third-order valence-corrected chi connectivity index (χ3v) is 4.21. The van der Waals surface area contributed by atoms with Crippen molar-refractivity contribution in [2.45, 2.75) is 13.0 Å². The van der Waals surface area contributed by atoms with Crippen molar-refractivity contribution in [3.8, 4) is 0 Å². The minimum atomic E-state index is -0.385. The Balaban J connectivity index is 1.52. The minimum absolute atomic E-state index is 0.121. The van der Waals surface area contributed by atoms with Crippen LogP contribution in [0.4, 0.5) is 5.13 Å². The van der Waals surface area contributed by atoms with Crippen LogP contribution in [0.15, 0.2) is 53.0 Å². The van der Waals surface area contributed by atoms with Crippen molar-refractivity contribution in [3.05, 3.63) is 75.4 Å². The van der Waals surface area contributed by atoms with E-state index in [0.717, 1.165) is 5.56 Å². The van der Waals surface area contributed by atoms with Crippen molar-refractivity contribution in [1.29, 1.82) is 0 Å². The molecule has 3 aromatic heterocycles. The zero-order valence-corrected chi connectivity index (χ0v) is 14.4. The van der Waals surface area contributed by atoms with Crippen LogP contribution in [0.25, 0.3) is 0 Å². The summed E-state index contributed by atoms with van der Waals surface area (Å²) in [5.41, 5.74) is 1.56. The van der Waals surface area contributed by atoms with Crippen LogP contribution in [0.2, 0.25) is 0 Å². The molecular weight excluding hydrogens is 354 g/mol. The van der Waals surface area contributed by atoms with Crippen LogP contribution < -0.4 is 16.2 Å². The molecule has 0 radical (unpaired) electrons. The highest BCUT2D eigenvalue weighted by Crippen LogP contribution is 2.16. The molecule has 0 aromatic carbocycles. The van der Waals surface area contributed by atoms with Crippen LogP contribution >= 0.6 is 11.3 Å². The van der Waals surface area contributed by atoms with E-state index in [1.54, 1.807) is 17.8 Å². The van der Waals surface area contributed by atoms with Crippen LogP contribution in [-0.2, 0) is 17.8 Å². The SMILES string of the molecule is O=C(Cc1csc(NC(=O)c2ccc(=O)[nH]c2)n1)NCc1ccncc1. The lowest BCUT2D eigenvalue weighted by Gasteiger charge is -2.03. The van der Waals surface area contributed by atoms with E-state index >= 15 is 0 Å². The van der Waals surface area contributed by atoms with Crippen molar-refractivity contribution in [2.24, 2.45) is 0 Å². The fraction of sp³-hybridized carbons (Fsp3) is 0.118. The van der Waals surface area contributed by atoms with E-state index in [4.69, 9.17) is 0 Å². The highest BCUT2D eigenvalue weighted by molar-refractivity contribution is 7.14. The van der Waals surface area contributed by atoms with Crippen LogP contribution in [0.1, 0.15) is 21.6 Å². The van der Waals surface area contributed by atoms with Crippen molar-refractivity contribution in [1.82, 2.24) is 20.3 Å². The van der Waals surface area contributed by atoms with Gasteiger partial charge in [-0.1, -0.05) is 0 Å². The first-order valence-corrected chi connectivity index (χ1v) is 8.58. The zero-order chi connectivity index (χ0) is 18.4. The van der Waals surface area contributed by atoms with Gasteiger partial charge in [0.1, 0.15) is 0 Å². The number of nitrogens with one attached hydrogen (secondary N) is 3. The van der Waals surface area contributed by atoms with E-state index in [0.29, 0.717) is 22.9 Å². The van der Waals surface area contributed by atoms with E-state index in [9.17, 15) is 14.4 Å². The molecule has 9 heteroatoms. The van der Waals surface area contributed by atoms with Gasteiger partial charge in [0.15, 0.2) is 5.13 Å². The van der Waals surface area contributed by atoms with Crippen LogP contribution in [0, 0.1) is 0 Å². The first kappa shape index (κ1) is 17.5. The molecule has 0 aliphatic heterocycles. The average molecular weight is 369 g/mol. The summed E-state index contributed by atoms with van der Waals surface area (Å²) in [4.78, 5) is 45.7. The lowest BCUT2D eigenvalue weighted by molar-refractivity contribution is -0.120. The Hall–Kier alpha value is -3.33. The topological polar surface area (TPSA) is 117 Å². The molecule has 132 valence electrons. The molecule has 0 atom stereocenters. The van der Waals surface area contributed by atoms with E-state index in [2.05, 4.69) is 25.6 Å². The maximum Gasteiger partial charge on any atom is 0.258 e. The molecule has 26 heavy (non-hydrogen) atoms. The Morgan fingerprint density at radius 2 is 1.96 bits per heavy atom. The third-order valence-electron chi connectivity index (χ3n) is 3.40. The summed E-state index contributed by atoms with van der Waals surface area (Å²) >= 11 is 1.23. The van der Waals surface area contributed by atoms with Crippen LogP contribution in [0.5, 0.6) is 0 Å². The maximum absolute atomic E-state index is 12.1. The van der Waals surface area contributed by atoms with Gasteiger partial charge in [-0.25, -0.2) is 4.98 Å². The number of nitrogens with zero attached hydrogens (tertiary/aromatic N) is 2. The Morgan fingerprint density at radius 1 is 1.15 bits per heavy atom. The Kier molecular flexibility index (Phi) is 5.49. The monoisotopic (exact) mass is 369 g/mol. The standard InChI is InChI=1S/C17H15N5O3S/c23-14-2-1-12(9-20-14)16(25)22-17-21-13(10-26-17)7-15(24)19-8-11-3-5-18-6-4-11/h1-6,9-10H,7-8H2,(H,19,24)(H,20,23)(H,21,22,25). The molecule has 0 spiro atoms. The fourth-order valence-corrected chi connectivity index (χ4v) is 2.80. The van der Waals surface area contributed by atoms with Gasteiger partial charge in [-0.2, -0.15) is 0 Å². The number of aromatic amines is 1. The minimum Gasteiger partial charge on any atom is -0.352 e. The first-order valence-electron chi connectivity index (χ1n) is 7.70. The van der Waals surface area contributed by atoms with E-state index in [1.807, 2.05) is 12.1 Å². The van der Waals surface area contributed by atoms with Crippen molar-refractivity contribution in [2.75, 3.05) is 5.32 Å². The molecule has 0 aliphatic carbocycles. The molecule has 0 saturated carbocycles. The zero-order valence-electron chi connectivity index (χ0n) is 13.6. The molecule has 2 amide bonds. The van der Waals surface area contributed by atoms with Crippen molar-refractivity contribution < 1.29 is 9.59 Å². The molecule has 0 fully saturated rings. The Labute approximate surface area is 152 Å². The molecular formula is C17H15N5O3S. The average Bonchev–Trinajstić information content (AvgIpc) is 3.08. The number of hydrogen-bond acceptors (Lipinski definition) is 6. The first-order chi connectivity index (χ1) is 12.6. The Bertz CT molecular complexity index is 947. The predicted molar refractivity (Wildman–Crippen MR) is 96.9 cm³/mol. The smallest absolute Gasteiger partial charge is 0.258 e. The number of hydrogen-bond donors (Lipinski definition) is 3. The number of rotatable bonds is 6. The Morgan fingerprint density at radius 3 is 2.69 bits per heavy atom. The normalized spacial score (nSPS) is 10.3. The maximum atomic E-state index is 12.1. The van der Waals surface area contributed by atoms with Crippen molar-refractivity contribution in [3.63, 3.8) is 0 Å². The summed E-state index contributed by atoms with van der Waals surface area (Å²) in [6.45, 7) is 0.418. The van der Waals surface area contributed by atoms with Crippen molar-refractivity contribution >= 4 is 28.3 Å². The summed E-state index contributed by atoms with van der Waals surface area (Å²) in [7, 11) is 0. The molecule has 0 aliphatic rings. The molecule has 3 heterocycles. The molecule has 0 bridgehead atoms. The van der Waals surface area contributed by atoms with Gasteiger partial charge in [0, 0.05) is 36.6 Å². The number of thiazole rings is 1. The predicted octanol–water partition coefficient (Wildman–Crippen LogP) is 1.34. The number of amides is 2. The van der Waals surface area contributed by atoms with Gasteiger partial charge in [0.2, 0.25) is 11.5 Å². The lowest BCUT2D eigenvalue weighted by Crippen LogP contribution is -2.24. The van der Waals surface area contributed by atoms with E-state index in [-0.39, 0.29) is 23.8 Å². The van der Waals surface area contributed by atoms with Crippen LogP contribution in [0.3, 0.4) is 0 Å². The van der Waals surface area contributed by atoms with E-state index < -0.39 is 0 Å². The number of anilines is 1.